The van der Waals surface area contributed by atoms with Crippen molar-refractivity contribution >= 4 is 35.0 Å². The van der Waals surface area contributed by atoms with E-state index in [1.807, 2.05) is 0 Å². The average molecular weight is 367 g/mol. The maximum Gasteiger partial charge on any atom is 0.328 e. The van der Waals surface area contributed by atoms with Crippen molar-refractivity contribution in [2.75, 3.05) is 26.7 Å². The zero-order chi connectivity index (χ0) is 18.6. The fourth-order valence-corrected chi connectivity index (χ4v) is 3.30. The molecule has 1 saturated heterocycles. The number of hydrogen-bond donors (Lipinski definition) is 1. The molecule has 2 unspecified atom stereocenters. The largest absolute Gasteiger partial charge is 0.467 e. The molecule has 8 nitrogen and oxygen atoms in total. The fourth-order valence-electron chi connectivity index (χ4n) is 2.62. The highest BCUT2D eigenvalue weighted by molar-refractivity contribution is 7.12. The summed E-state index contributed by atoms with van der Waals surface area (Å²) in [4.78, 5) is 52.0. The van der Waals surface area contributed by atoms with Crippen molar-refractivity contribution in [3.05, 3.63) is 22.4 Å². The molecule has 3 amide bonds. The van der Waals surface area contributed by atoms with E-state index >= 15 is 0 Å². The van der Waals surface area contributed by atoms with Crippen molar-refractivity contribution in [1.82, 2.24) is 15.1 Å². The first kappa shape index (κ1) is 18.9. The number of piperazine rings is 1. The Bertz CT molecular complexity index is 661. The van der Waals surface area contributed by atoms with Crippen LogP contribution in [0.25, 0.3) is 0 Å². The van der Waals surface area contributed by atoms with Gasteiger partial charge < -0.3 is 19.9 Å². The molecule has 1 aliphatic rings. The number of amides is 3. The Morgan fingerprint density at radius 3 is 2.60 bits per heavy atom. The standard InChI is InChI=1S/C16H21N3O5S/c1-10(16(23)24-3)17-14(21)12-9-18(11(2)20)6-7-19(12)15(22)13-5-4-8-25-13/h4-5,8,10,12H,6-7,9H2,1-3H3,(H,17,21). The van der Waals surface area contributed by atoms with E-state index in [0.29, 0.717) is 11.4 Å². The predicted octanol–water partition coefficient (Wildman–Crippen LogP) is 0.0987. The van der Waals surface area contributed by atoms with Gasteiger partial charge in [-0.2, -0.15) is 0 Å². The van der Waals surface area contributed by atoms with Gasteiger partial charge in [0.25, 0.3) is 5.91 Å². The van der Waals surface area contributed by atoms with Gasteiger partial charge in [-0.15, -0.1) is 11.3 Å². The number of esters is 1. The third-order valence-corrected chi connectivity index (χ3v) is 4.89. The minimum atomic E-state index is -0.862. The van der Waals surface area contributed by atoms with Gasteiger partial charge in [0.05, 0.1) is 18.5 Å². The van der Waals surface area contributed by atoms with E-state index in [9.17, 15) is 19.2 Å². The molecule has 1 fully saturated rings. The van der Waals surface area contributed by atoms with Gasteiger partial charge in [0.1, 0.15) is 12.1 Å². The molecular formula is C16H21N3O5S. The Morgan fingerprint density at radius 2 is 2.04 bits per heavy atom. The molecular weight excluding hydrogens is 346 g/mol. The normalized spacial score (nSPS) is 18.4. The van der Waals surface area contributed by atoms with Crippen LogP contribution in [0.5, 0.6) is 0 Å². The van der Waals surface area contributed by atoms with E-state index in [-0.39, 0.29) is 24.9 Å². The van der Waals surface area contributed by atoms with Crippen LogP contribution in [0.3, 0.4) is 0 Å². The van der Waals surface area contributed by atoms with Gasteiger partial charge in [0, 0.05) is 20.0 Å². The molecule has 136 valence electrons. The predicted molar refractivity (Wildman–Crippen MR) is 91.0 cm³/mol. The lowest BCUT2D eigenvalue weighted by Crippen LogP contribution is -2.62. The third-order valence-electron chi connectivity index (χ3n) is 4.03. The van der Waals surface area contributed by atoms with E-state index < -0.39 is 24.0 Å². The van der Waals surface area contributed by atoms with Crippen LogP contribution in [0.15, 0.2) is 17.5 Å². The number of nitrogens with one attached hydrogen (secondary N) is 1. The molecule has 0 radical (unpaired) electrons. The Morgan fingerprint density at radius 1 is 1.32 bits per heavy atom. The lowest BCUT2D eigenvalue weighted by atomic mass is 10.1. The molecule has 25 heavy (non-hydrogen) atoms. The van der Waals surface area contributed by atoms with Crippen LogP contribution < -0.4 is 5.32 Å². The lowest BCUT2D eigenvalue weighted by molar-refractivity contribution is -0.146. The number of carbonyl (C=O) groups excluding carboxylic acids is 4. The molecule has 0 spiro atoms. The summed E-state index contributed by atoms with van der Waals surface area (Å²) < 4.78 is 4.60. The average Bonchev–Trinajstić information content (AvgIpc) is 3.14. The molecule has 2 heterocycles. The summed E-state index contributed by atoms with van der Waals surface area (Å²) in [7, 11) is 1.23. The summed E-state index contributed by atoms with van der Waals surface area (Å²) in [5.41, 5.74) is 0. The topological polar surface area (TPSA) is 96.0 Å². The highest BCUT2D eigenvalue weighted by Crippen LogP contribution is 2.18. The number of ether oxygens (including phenoxy) is 1. The van der Waals surface area contributed by atoms with Gasteiger partial charge in [-0.3, -0.25) is 14.4 Å². The van der Waals surface area contributed by atoms with E-state index in [1.54, 1.807) is 17.5 Å². The van der Waals surface area contributed by atoms with E-state index in [4.69, 9.17) is 0 Å². The smallest absolute Gasteiger partial charge is 0.328 e. The minimum absolute atomic E-state index is 0.0895. The van der Waals surface area contributed by atoms with Crippen LogP contribution >= 0.6 is 11.3 Å². The first-order chi connectivity index (χ1) is 11.8. The molecule has 2 atom stereocenters. The van der Waals surface area contributed by atoms with Crippen molar-refractivity contribution in [3.63, 3.8) is 0 Å². The summed E-state index contributed by atoms with van der Waals surface area (Å²) in [6.45, 7) is 3.62. The highest BCUT2D eigenvalue weighted by atomic mass is 32.1. The maximum absolute atomic E-state index is 12.7. The second kappa shape index (κ2) is 8.11. The van der Waals surface area contributed by atoms with Crippen LogP contribution in [-0.2, 0) is 19.1 Å². The van der Waals surface area contributed by atoms with Gasteiger partial charge in [0.15, 0.2) is 0 Å². The zero-order valence-electron chi connectivity index (χ0n) is 14.4. The quantitative estimate of drug-likeness (QED) is 0.762. The summed E-state index contributed by atoms with van der Waals surface area (Å²) in [5.74, 6) is -1.50. The zero-order valence-corrected chi connectivity index (χ0v) is 15.2. The summed E-state index contributed by atoms with van der Waals surface area (Å²) >= 11 is 1.29. The van der Waals surface area contributed by atoms with Gasteiger partial charge in [-0.25, -0.2) is 4.79 Å². The van der Waals surface area contributed by atoms with Crippen molar-refractivity contribution in [3.8, 4) is 0 Å². The molecule has 0 saturated carbocycles. The molecule has 1 aromatic heterocycles. The van der Waals surface area contributed by atoms with Crippen LogP contribution in [0.1, 0.15) is 23.5 Å². The van der Waals surface area contributed by atoms with Gasteiger partial charge in [0.2, 0.25) is 11.8 Å². The number of methoxy groups -OCH3 is 1. The molecule has 9 heteroatoms. The van der Waals surface area contributed by atoms with Crippen molar-refractivity contribution in [1.29, 1.82) is 0 Å². The van der Waals surface area contributed by atoms with Crippen LogP contribution in [-0.4, -0.2) is 72.3 Å². The Hall–Kier alpha value is -2.42. The number of carbonyl (C=O) groups is 4. The lowest BCUT2D eigenvalue weighted by Gasteiger charge is -2.40. The maximum atomic E-state index is 12.7. The van der Waals surface area contributed by atoms with Crippen LogP contribution in [0.4, 0.5) is 0 Å². The summed E-state index contributed by atoms with van der Waals surface area (Å²) in [5, 5.41) is 4.33. The van der Waals surface area contributed by atoms with E-state index in [2.05, 4.69) is 10.1 Å². The Balaban J connectivity index is 2.19. The van der Waals surface area contributed by atoms with E-state index in [1.165, 1.54) is 42.1 Å². The SMILES string of the molecule is COC(=O)C(C)NC(=O)C1CN(C(C)=O)CCN1C(=O)c1cccs1. The summed E-state index contributed by atoms with van der Waals surface area (Å²) in [6, 6.07) is 1.75. The number of nitrogens with zero attached hydrogens (tertiary/aromatic N) is 2. The van der Waals surface area contributed by atoms with Gasteiger partial charge >= 0.3 is 5.97 Å². The Kier molecular flexibility index (Phi) is 6.13. The number of rotatable bonds is 4. The molecule has 1 N–H and O–H groups in total. The van der Waals surface area contributed by atoms with E-state index in [0.717, 1.165) is 0 Å². The van der Waals surface area contributed by atoms with Crippen molar-refractivity contribution in [2.45, 2.75) is 25.9 Å². The molecule has 1 aromatic rings. The Labute approximate surface area is 149 Å². The molecule has 2 rings (SSSR count). The highest BCUT2D eigenvalue weighted by Gasteiger charge is 2.37. The van der Waals surface area contributed by atoms with Crippen molar-refractivity contribution in [2.24, 2.45) is 0 Å². The second-order valence-electron chi connectivity index (χ2n) is 5.71. The van der Waals surface area contributed by atoms with Gasteiger partial charge in [-0.1, -0.05) is 6.07 Å². The summed E-state index contributed by atoms with van der Waals surface area (Å²) in [6.07, 6.45) is 0. The van der Waals surface area contributed by atoms with Crippen LogP contribution in [0.2, 0.25) is 0 Å². The third kappa shape index (κ3) is 4.36. The molecule has 0 aromatic carbocycles. The first-order valence-corrected chi connectivity index (χ1v) is 8.71. The first-order valence-electron chi connectivity index (χ1n) is 7.83. The monoisotopic (exact) mass is 367 g/mol. The van der Waals surface area contributed by atoms with Crippen LogP contribution in [0, 0.1) is 0 Å². The minimum Gasteiger partial charge on any atom is -0.467 e. The number of thiophene rings is 1. The molecule has 0 bridgehead atoms. The molecule has 0 aliphatic carbocycles. The second-order valence-corrected chi connectivity index (χ2v) is 6.66. The number of hydrogen-bond acceptors (Lipinski definition) is 6. The molecule has 1 aliphatic heterocycles. The fraction of sp³-hybridized carbons (Fsp3) is 0.500. The van der Waals surface area contributed by atoms with Gasteiger partial charge in [-0.05, 0) is 18.4 Å². The van der Waals surface area contributed by atoms with Crippen molar-refractivity contribution < 1.29 is 23.9 Å².